The van der Waals surface area contributed by atoms with Gasteiger partial charge >= 0.3 is 0 Å². The largest absolute Gasteiger partial charge is 0.310 e. The smallest absolute Gasteiger partial charge is 0.0410 e. The molecule has 1 heterocycles. The molecule has 2 rings (SSSR count). The Morgan fingerprint density at radius 1 is 1.25 bits per heavy atom. The van der Waals surface area contributed by atoms with Crippen molar-refractivity contribution in [3.63, 3.8) is 0 Å². The second kappa shape index (κ2) is 7.77. The molecule has 0 saturated heterocycles. The molecule has 2 nitrogen and oxygen atoms in total. The Morgan fingerprint density at radius 3 is 2.65 bits per heavy atom. The third-order valence-corrected chi connectivity index (χ3v) is 3.80. The first-order valence-corrected chi connectivity index (χ1v) is 7.94. The van der Waals surface area contributed by atoms with Crippen molar-refractivity contribution in [3.05, 3.63) is 63.3 Å². The molecule has 0 spiro atoms. The van der Waals surface area contributed by atoms with Crippen LogP contribution in [0.25, 0.3) is 0 Å². The van der Waals surface area contributed by atoms with E-state index < -0.39 is 0 Å². The maximum absolute atomic E-state index is 5.97. The van der Waals surface area contributed by atoms with E-state index >= 15 is 0 Å². The normalized spacial score (nSPS) is 12.3. The van der Waals surface area contributed by atoms with Gasteiger partial charge in [-0.2, -0.15) is 0 Å². The van der Waals surface area contributed by atoms with Crippen molar-refractivity contribution in [2.75, 3.05) is 6.54 Å². The van der Waals surface area contributed by atoms with Crippen LogP contribution in [0.2, 0.25) is 5.02 Å². The summed E-state index contributed by atoms with van der Waals surface area (Å²) in [6.45, 7) is 3.17. The molecular formula is C16H18BrClN2. The van der Waals surface area contributed by atoms with Crippen molar-refractivity contribution >= 4 is 27.5 Å². The Morgan fingerprint density at radius 2 is 2.00 bits per heavy atom. The fraction of sp³-hybridized carbons (Fsp3) is 0.312. The molecular weight excluding hydrogens is 336 g/mol. The highest BCUT2D eigenvalue weighted by atomic mass is 79.9. The quantitative estimate of drug-likeness (QED) is 0.808. The summed E-state index contributed by atoms with van der Waals surface area (Å²) in [5.74, 6) is 0. The Balaban J connectivity index is 2.16. The van der Waals surface area contributed by atoms with Gasteiger partial charge in [-0.25, -0.2) is 0 Å². The summed E-state index contributed by atoms with van der Waals surface area (Å²) in [6, 6.07) is 10.4. The third kappa shape index (κ3) is 4.58. The van der Waals surface area contributed by atoms with Crippen LogP contribution in [-0.2, 0) is 6.42 Å². The maximum atomic E-state index is 5.97. The molecule has 0 radical (unpaired) electrons. The predicted octanol–water partition coefficient (Wildman–Crippen LogP) is 4.78. The van der Waals surface area contributed by atoms with E-state index in [9.17, 15) is 0 Å². The maximum Gasteiger partial charge on any atom is 0.0410 e. The molecule has 0 amide bonds. The molecule has 0 saturated carbocycles. The van der Waals surface area contributed by atoms with Crippen molar-refractivity contribution in [1.29, 1.82) is 0 Å². The highest BCUT2D eigenvalue weighted by Crippen LogP contribution is 2.21. The van der Waals surface area contributed by atoms with Crippen molar-refractivity contribution in [2.24, 2.45) is 0 Å². The zero-order chi connectivity index (χ0) is 14.4. The number of hydrogen-bond donors (Lipinski definition) is 1. The van der Waals surface area contributed by atoms with E-state index in [4.69, 9.17) is 11.6 Å². The van der Waals surface area contributed by atoms with Gasteiger partial charge in [0.1, 0.15) is 0 Å². The lowest BCUT2D eigenvalue weighted by atomic mass is 10.00. The average Bonchev–Trinajstić information content (AvgIpc) is 2.44. The van der Waals surface area contributed by atoms with E-state index in [2.05, 4.69) is 51.4 Å². The fourth-order valence-electron chi connectivity index (χ4n) is 2.12. The molecule has 4 heteroatoms. The topological polar surface area (TPSA) is 24.9 Å². The third-order valence-electron chi connectivity index (χ3n) is 3.11. The number of pyridine rings is 1. The lowest BCUT2D eigenvalue weighted by Crippen LogP contribution is -2.24. The van der Waals surface area contributed by atoms with Crippen LogP contribution >= 0.6 is 27.5 Å². The van der Waals surface area contributed by atoms with Gasteiger partial charge in [0.2, 0.25) is 0 Å². The molecule has 1 unspecified atom stereocenters. The lowest BCUT2D eigenvalue weighted by Gasteiger charge is -2.19. The second-order valence-electron chi connectivity index (χ2n) is 4.77. The molecule has 2 aromatic rings. The summed E-state index contributed by atoms with van der Waals surface area (Å²) >= 11 is 9.44. The Kier molecular flexibility index (Phi) is 6.02. The van der Waals surface area contributed by atoms with Crippen molar-refractivity contribution < 1.29 is 0 Å². The summed E-state index contributed by atoms with van der Waals surface area (Å²) in [4.78, 5) is 4.23. The Hall–Kier alpha value is -0.900. The van der Waals surface area contributed by atoms with Gasteiger partial charge in [0, 0.05) is 27.9 Å². The minimum Gasteiger partial charge on any atom is -0.310 e. The predicted molar refractivity (Wildman–Crippen MR) is 88.1 cm³/mol. The summed E-state index contributed by atoms with van der Waals surface area (Å²) < 4.78 is 1.01. The minimum absolute atomic E-state index is 0.281. The zero-order valence-corrected chi connectivity index (χ0v) is 13.8. The number of nitrogens with zero attached hydrogens (tertiary/aromatic N) is 1. The van der Waals surface area contributed by atoms with Crippen LogP contribution in [0.5, 0.6) is 0 Å². The van der Waals surface area contributed by atoms with Crippen LogP contribution < -0.4 is 5.32 Å². The second-order valence-corrected chi connectivity index (χ2v) is 6.13. The van der Waals surface area contributed by atoms with Crippen LogP contribution in [0.4, 0.5) is 0 Å². The first kappa shape index (κ1) is 15.5. The van der Waals surface area contributed by atoms with E-state index in [1.165, 1.54) is 11.1 Å². The van der Waals surface area contributed by atoms with E-state index in [1.807, 2.05) is 18.3 Å². The van der Waals surface area contributed by atoms with Gasteiger partial charge in [-0.05, 0) is 64.6 Å². The number of halogens is 2. The summed E-state index contributed by atoms with van der Waals surface area (Å²) in [6.07, 6.45) is 5.75. The van der Waals surface area contributed by atoms with Gasteiger partial charge in [-0.1, -0.05) is 30.7 Å². The molecule has 1 atom stereocenters. The summed E-state index contributed by atoms with van der Waals surface area (Å²) in [5, 5.41) is 4.36. The SMILES string of the molecule is CCCNC(Cc1cncc(Br)c1)c1ccc(Cl)cc1. The number of nitrogens with one attached hydrogen (secondary N) is 1. The van der Waals surface area contributed by atoms with Crippen molar-refractivity contribution in [2.45, 2.75) is 25.8 Å². The van der Waals surface area contributed by atoms with E-state index in [0.717, 1.165) is 28.9 Å². The zero-order valence-electron chi connectivity index (χ0n) is 11.4. The molecule has 106 valence electrons. The van der Waals surface area contributed by atoms with Crippen molar-refractivity contribution in [3.8, 4) is 0 Å². The number of aromatic nitrogens is 1. The molecule has 0 aliphatic heterocycles. The van der Waals surface area contributed by atoms with Gasteiger partial charge in [-0.15, -0.1) is 0 Å². The number of hydrogen-bond acceptors (Lipinski definition) is 2. The highest BCUT2D eigenvalue weighted by molar-refractivity contribution is 9.10. The standard InChI is InChI=1S/C16H18BrClN2/c1-2-7-20-16(13-3-5-15(18)6-4-13)9-12-8-14(17)11-19-10-12/h3-6,8,10-11,16,20H,2,7,9H2,1H3. The van der Waals surface area contributed by atoms with Gasteiger partial charge in [0.25, 0.3) is 0 Å². The molecule has 0 aliphatic rings. The van der Waals surface area contributed by atoms with Crippen LogP contribution in [0.1, 0.15) is 30.5 Å². The molecule has 0 fully saturated rings. The minimum atomic E-state index is 0.281. The highest BCUT2D eigenvalue weighted by Gasteiger charge is 2.12. The lowest BCUT2D eigenvalue weighted by molar-refractivity contribution is 0.528. The summed E-state index contributed by atoms with van der Waals surface area (Å²) in [5.41, 5.74) is 2.46. The van der Waals surface area contributed by atoms with Crippen LogP contribution in [0.3, 0.4) is 0 Å². The number of rotatable bonds is 6. The van der Waals surface area contributed by atoms with Crippen LogP contribution in [-0.4, -0.2) is 11.5 Å². The molecule has 0 aliphatic carbocycles. The Labute approximate surface area is 133 Å². The van der Waals surface area contributed by atoms with Gasteiger partial charge in [0.05, 0.1) is 0 Å². The van der Waals surface area contributed by atoms with Crippen LogP contribution in [0.15, 0.2) is 47.2 Å². The van der Waals surface area contributed by atoms with Gasteiger partial charge in [-0.3, -0.25) is 4.98 Å². The Bertz CT molecular complexity index is 542. The van der Waals surface area contributed by atoms with Gasteiger partial charge < -0.3 is 5.32 Å². The van der Waals surface area contributed by atoms with E-state index in [0.29, 0.717) is 0 Å². The molecule has 1 N–H and O–H groups in total. The monoisotopic (exact) mass is 352 g/mol. The van der Waals surface area contributed by atoms with Gasteiger partial charge in [0.15, 0.2) is 0 Å². The van der Waals surface area contributed by atoms with Crippen LogP contribution in [0, 0.1) is 0 Å². The molecule has 20 heavy (non-hydrogen) atoms. The van der Waals surface area contributed by atoms with E-state index in [1.54, 1.807) is 6.20 Å². The molecule has 0 bridgehead atoms. The first-order chi connectivity index (χ1) is 9.69. The first-order valence-electron chi connectivity index (χ1n) is 6.77. The fourth-order valence-corrected chi connectivity index (χ4v) is 2.66. The van der Waals surface area contributed by atoms with Crippen molar-refractivity contribution in [1.82, 2.24) is 10.3 Å². The summed E-state index contributed by atoms with van der Waals surface area (Å²) in [7, 11) is 0. The number of benzene rings is 1. The molecule has 1 aromatic heterocycles. The average molecular weight is 354 g/mol. The van der Waals surface area contributed by atoms with E-state index in [-0.39, 0.29) is 6.04 Å². The molecule has 1 aromatic carbocycles.